The second kappa shape index (κ2) is 10.8. The average Bonchev–Trinajstić information content (AvgIpc) is 3.33. The SMILES string of the molecule is CC(=O)Oc1ccccc1C=NNC(=O)C(=Cc1ccc2c(c1)OCO2)NC(=O)c1ccccc1. The van der Waals surface area contributed by atoms with Crippen molar-refractivity contribution in [1.29, 1.82) is 0 Å². The van der Waals surface area contributed by atoms with Gasteiger partial charge in [-0.25, -0.2) is 5.43 Å². The number of esters is 1. The third-order valence-corrected chi connectivity index (χ3v) is 4.78. The van der Waals surface area contributed by atoms with E-state index in [0.717, 1.165) is 0 Å². The zero-order valence-electron chi connectivity index (χ0n) is 18.7. The van der Waals surface area contributed by atoms with Gasteiger partial charge in [-0.3, -0.25) is 14.4 Å². The van der Waals surface area contributed by atoms with E-state index in [2.05, 4.69) is 15.8 Å². The number of para-hydroxylation sites is 1. The number of nitrogens with zero attached hydrogens (tertiary/aromatic N) is 1. The van der Waals surface area contributed by atoms with E-state index in [0.29, 0.717) is 33.9 Å². The topological polar surface area (TPSA) is 115 Å². The van der Waals surface area contributed by atoms with E-state index in [-0.39, 0.29) is 12.5 Å². The maximum Gasteiger partial charge on any atom is 0.308 e. The number of carbonyl (C=O) groups is 3. The summed E-state index contributed by atoms with van der Waals surface area (Å²) in [6.07, 6.45) is 2.84. The summed E-state index contributed by atoms with van der Waals surface area (Å²) in [6.45, 7) is 1.41. The second-order valence-electron chi connectivity index (χ2n) is 7.32. The lowest BCUT2D eigenvalue weighted by Gasteiger charge is -2.10. The lowest BCUT2D eigenvalue weighted by atomic mass is 10.1. The molecular weight excluding hydrogens is 450 g/mol. The third-order valence-electron chi connectivity index (χ3n) is 4.78. The molecule has 3 aromatic rings. The van der Waals surface area contributed by atoms with Crippen molar-refractivity contribution in [3.05, 3.63) is 95.2 Å². The normalized spacial score (nSPS) is 12.3. The molecule has 2 amide bonds. The van der Waals surface area contributed by atoms with Crippen LogP contribution in [-0.4, -0.2) is 30.8 Å². The highest BCUT2D eigenvalue weighted by molar-refractivity contribution is 6.05. The maximum atomic E-state index is 13.0. The Morgan fingerprint density at radius 1 is 0.943 bits per heavy atom. The smallest absolute Gasteiger partial charge is 0.308 e. The molecule has 0 bridgehead atoms. The van der Waals surface area contributed by atoms with E-state index in [1.807, 2.05) is 0 Å². The van der Waals surface area contributed by atoms with Gasteiger partial charge in [0.05, 0.1) is 6.21 Å². The fourth-order valence-electron chi connectivity index (χ4n) is 3.17. The predicted octanol–water partition coefficient (Wildman–Crippen LogP) is 3.26. The monoisotopic (exact) mass is 471 g/mol. The van der Waals surface area contributed by atoms with Crippen molar-refractivity contribution >= 4 is 30.1 Å². The molecule has 0 fully saturated rings. The van der Waals surface area contributed by atoms with Gasteiger partial charge < -0.3 is 19.5 Å². The molecule has 0 spiro atoms. The molecule has 1 aliphatic rings. The average molecular weight is 471 g/mol. The van der Waals surface area contributed by atoms with Gasteiger partial charge in [-0.15, -0.1) is 0 Å². The molecule has 0 radical (unpaired) electrons. The molecule has 9 heteroatoms. The van der Waals surface area contributed by atoms with Crippen LogP contribution in [0.15, 0.2) is 83.6 Å². The molecule has 0 aromatic heterocycles. The minimum Gasteiger partial charge on any atom is -0.454 e. The van der Waals surface area contributed by atoms with Gasteiger partial charge >= 0.3 is 5.97 Å². The summed E-state index contributed by atoms with van der Waals surface area (Å²) in [5, 5.41) is 6.59. The minimum atomic E-state index is -0.659. The largest absolute Gasteiger partial charge is 0.454 e. The Kier molecular flexibility index (Phi) is 7.17. The standard InChI is InChI=1S/C26H21N3O6/c1-17(30)35-22-10-6-5-9-20(22)15-27-29-26(32)21(28-25(31)19-7-3-2-4-8-19)13-18-11-12-23-24(14-18)34-16-33-23/h2-15H,16H2,1H3,(H,28,31)(H,29,32). The van der Waals surface area contributed by atoms with E-state index in [1.54, 1.807) is 72.8 Å². The van der Waals surface area contributed by atoms with Gasteiger partial charge in [0.15, 0.2) is 11.5 Å². The predicted molar refractivity (Wildman–Crippen MR) is 128 cm³/mol. The summed E-state index contributed by atoms with van der Waals surface area (Å²) < 4.78 is 15.8. The molecule has 4 rings (SSSR count). The molecule has 0 aliphatic carbocycles. The van der Waals surface area contributed by atoms with Crippen LogP contribution >= 0.6 is 0 Å². The van der Waals surface area contributed by atoms with Crippen molar-refractivity contribution in [2.75, 3.05) is 6.79 Å². The molecular formula is C26H21N3O6. The molecule has 3 aromatic carbocycles. The van der Waals surface area contributed by atoms with Crippen molar-refractivity contribution in [2.45, 2.75) is 6.92 Å². The summed E-state index contributed by atoms with van der Waals surface area (Å²) in [6, 6.07) is 20.4. The van der Waals surface area contributed by atoms with Gasteiger partial charge in [0.2, 0.25) is 6.79 Å². The summed E-state index contributed by atoms with van der Waals surface area (Å²) in [5.74, 6) is -0.172. The molecule has 0 saturated carbocycles. The number of amides is 2. The summed E-state index contributed by atoms with van der Waals surface area (Å²) in [5.41, 5.74) is 3.83. The van der Waals surface area contributed by atoms with Gasteiger partial charge in [-0.1, -0.05) is 36.4 Å². The van der Waals surface area contributed by atoms with Crippen molar-refractivity contribution < 1.29 is 28.6 Å². The van der Waals surface area contributed by atoms with Gasteiger partial charge in [0.25, 0.3) is 11.8 Å². The Morgan fingerprint density at radius 2 is 1.69 bits per heavy atom. The number of hydrogen-bond donors (Lipinski definition) is 2. The van der Waals surface area contributed by atoms with E-state index >= 15 is 0 Å². The summed E-state index contributed by atoms with van der Waals surface area (Å²) >= 11 is 0. The molecule has 0 saturated heterocycles. The third kappa shape index (κ3) is 6.11. The second-order valence-corrected chi connectivity index (χ2v) is 7.32. The van der Waals surface area contributed by atoms with Crippen molar-refractivity contribution in [2.24, 2.45) is 5.10 Å². The highest BCUT2D eigenvalue weighted by Gasteiger charge is 2.17. The summed E-state index contributed by atoms with van der Waals surface area (Å²) in [4.78, 5) is 37.0. The first kappa shape index (κ1) is 23.2. The van der Waals surface area contributed by atoms with Gasteiger partial charge in [-0.2, -0.15) is 5.10 Å². The number of benzene rings is 3. The van der Waals surface area contributed by atoms with E-state index in [1.165, 1.54) is 19.2 Å². The number of rotatable bonds is 7. The first-order valence-corrected chi connectivity index (χ1v) is 10.6. The lowest BCUT2D eigenvalue weighted by molar-refractivity contribution is -0.131. The molecule has 9 nitrogen and oxygen atoms in total. The first-order valence-electron chi connectivity index (χ1n) is 10.6. The Morgan fingerprint density at radius 3 is 2.49 bits per heavy atom. The van der Waals surface area contributed by atoms with Crippen molar-refractivity contribution in [3.8, 4) is 17.2 Å². The molecule has 1 aliphatic heterocycles. The first-order chi connectivity index (χ1) is 17.0. The lowest BCUT2D eigenvalue weighted by Crippen LogP contribution is -2.32. The number of nitrogens with one attached hydrogen (secondary N) is 2. The Hall–Kier alpha value is -4.92. The maximum absolute atomic E-state index is 13.0. The van der Waals surface area contributed by atoms with Gasteiger partial charge in [-0.05, 0) is 48.0 Å². The minimum absolute atomic E-state index is 0.0388. The number of fused-ring (bicyclic) bond motifs is 1. The number of carbonyl (C=O) groups excluding carboxylic acids is 3. The number of hydrazone groups is 1. The van der Waals surface area contributed by atoms with Crippen LogP contribution in [0.25, 0.3) is 6.08 Å². The van der Waals surface area contributed by atoms with E-state index in [9.17, 15) is 14.4 Å². The van der Waals surface area contributed by atoms with Crippen molar-refractivity contribution in [1.82, 2.24) is 10.7 Å². The van der Waals surface area contributed by atoms with Crippen LogP contribution in [0, 0.1) is 0 Å². The number of ether oxygens (including phenoxy) is 3. The highest BCUT2D eigenvalue weighted by Crippen LogP contribution is 2.33. The van der Waals surface area contributed by atoms with Crippen LogP contribution in [-0.2, 0) is 9.59 Å². The molecule has 1 heterocycles. The quantitative estimate of drug-likeness (QED) is 0.180. The molecule has 0 atom stereocenters. The number of hydrogen-bond acceptors (Lipinski definition) is 7. The van der Waals surface area contributed by atoms with Crippen LogP contribution in [0.1, 0.15) is 28.4 Å². The van der Waals surface area contributed by atoms with E-state index < -0.39 is 17.8 Å². The Balaban J connectivity index is 1.56. The van der Waals surface area contributed by atoms with Crippen LogP contribution in [0.2, 0.25) is 0 Å². The van der Waals surface area contributed by atoms with Gasteiger partial charge in [0, 0.05) is 18.1 Å². The van der Waals surface area contributed by atoms with E-state index in [4.69, 9.17) is 14.2 Å². The van der Waals surface area contributed by atoms with Gasteiger partial charge in [0.1, 0.15) is 11.4 Å². The van der Waals surface area contributed by atoms with Crippen LogP contribution in [0.4, 0.5) is 0 Å². The molecule has 176 valence electrons. The Labute approximate surface area is 201 Å². The highest BCUT2D eigenvalue weighted by atomic mass is 16.7. The fraction of sp³-hybridized carbons (Fsp3) is 0.0769. The fourth-order valence-corrected chi connectivity index (χ4v) is 3.17. The van der Waals surface area contributed by atoms with Crippen LogP contribution in [0.5, 0.6) is 17.2 Å². The molecule has 35 heavy (non-hydrogen) atoms. The zero-order chi connectivity index (χ0) is 24.6. The zero-order valence-corrected chi connectivity index (χ0v) is 18.7. The molecule has 2 N–H and O–H groups in total. The van der Waals surface area contributed by atoms with Crippen LogP contribution in [0.3, 0.4) is 0 Å². The van der Waals surface area contributed by atoms with Crippen molar-refractivity contribution in [3.63, 3.8) is 0 Å². The Bertz CT molecular complexity index is 1320. The molecule has 0 unspecified atom stereocenters. The van der Waals surface area contributed by atoms with Crippen LogP contribution < -0.4 is 25.0 Å². The summed E-state index contributed by atoms with van der Waals surface area (Å²) in [7, 11) is 0.